The predicted octanol–water partition coefficient (Wildman–Crippen LogP) is 4.93. The molecule has 2 aromatic rings. The molecule has 19 heavy (non-hydrogen) atoms. The molecule has 0 aromatic heterocycles. The van der Waals surface area contributed by atoms with Gasteiger partial charge in [-0.1, -0.05) is 68.8 Å². The van der Waals surface area contributed by atoms with Crippen molar-refractivity contribution in [2.24, 2.45) is 5.92 Å². The fourth-order valence-corrected chi connectivity index (χ4v) is 2.42. The predicted molar refractivity (Wildman–Crippen MR) is 83.6 cm³/mol. The molecule has 0 radical (unpaired) electrons. The standard InChI is InChI=1S/C18H23N/c1-3-15(2)18(16-10-6-4-7-11-16)14-19-17-12-8-5-9-13-17/h4-13,15,18-19H,3,14H2,1-2H3. The van der Waals surface area contributed by atoms with Crippen LogP contribution in [0.4, 0.5) is 5.69 Å². The Morgan fingerprint density at radius 3 is 2.05 bits per heavy atom. The van der Waals surface area contributed by atoms with Gasteiger partial charge in [-0.25, -0.2) is 0 Å². The highest BCUT2D eigenvalue weighted by Crippen LogP contribution is 2.27. The second-order valence-corrected chi connectivity index (χ2v) is 5.15. The van der Waals surface area contributed by atoms with Crippen LogP contribution in [0.1, 0.15) is 31.7 Å². The van der Waals surface area contributed by atoms with Crippen LogP contribution >= 0.6 is 0 Å². The van der Waals surface area contributed by atoms with E-state index in [1.807, 2.05) is 0 Å². The summed E-state index contributed by atoms with van der Waals surface area (Å²) in [5.74, 6) is 1.24. The van der Waals surface area contributed by atoms with E-state index in [0.29, 0.717) is 11.8 Å². The molecule has 2 rings (SSSR count). The van der Waals surface area contributed by atoms with Crippen LogP contribution in [-0.2, 0) is 0 Å². The lowest BCUT2D eigenvalue weighted by molar-refractivity contribution is 0.460. The van der Waals surface area contributed by atoms with Crippen LogP contribution in [0, 0.1) is 5.92 Å². The van der Waals surface area contributed by atoms with Gasteiger partial charge >= 0.3 is 0 Å². The van der Waals surface area contributed by atoms with Gasteiger partial charge in [0.1, 0.15) is 0 Å². The Labute approximate surface area is 116 Å². The Kier molecular flexibility index (Phi) is 5.02. The van der Waals surface area contributed by atoms with Crippen LogP contribution < -0.4 is 5.32 Å². The van der Waals surface area contributed by atoms with Crippen LogP contribution in [0.5, 0.6) is 0 Å². The topological polar surface area (TPSA) is 12.0 Å². The Balaban J connectivity index is 2.07. The molecule has 0 saturated carbocycles. The van der Waals surface area contributed by atoms with E-state index < -0.39 is 0 Å². The van der Waals surface area contributed by atoms with Gasteiger partial charge in [0.15, 0.2) is 0 Å². The van der Waals surface area contributed by atoms with Gasteiger partial charge in [0, 0.05) is 18.2 Å². The third-order valence-corrected chi connectivity index (χ3v) is 3.86. The molecule has 1 nitrogen and oxygen atoms in total. The molecule has 0 aliphatic rings. The Morgan fingerprint density at radius 1 is 0.895 bits per heavy atom. The fraction of sp³-hybridized carbons (Fsp3) is 0.333. The fourth-order valence-electron chi connectivity index (χ4n) is 2.42. The second-order valence-electron chi connectivity index (χ2n) is 5.15. The third kappa shape index (κ3) is 3.85. The minimum absolute atomic E-state index is 0.561. The number of benzene rings is 2. The first-order valence-corrected chi connectivity index (χ1v) is 7.15. The molecule has 2 unspecified atom stereocenters. The van der Waals surface area contributed by atoms with E-state index in [0.717, 1.165) is 6.54 Å². The minimum atomic E-state index is 0.561. The van der Waals surface area contributed by atoms with Gasteiger partial charge < -0.3 is 5.32 Å². The van der Waals surface area contributed by atoms with E-state index in [4.69, 9.17) is 0 Å². The van der Waals surface area contributed by atoms with Crippen LogP contribution in [0.2, 0.25) is 0 Å². The average Bonchev–Trinajstić information content (AvgIpc) is 2.49. The van der Waals surface area contributed by atoms with E-state index in [2.05, 4.69) is 79.8 Å². The average molecular weight is 253 g/mol. The van der Waals surface area contributed by atoms with Crippen LogP contribution in [0.3, 0.4) is 0 Å². The van der Waals surface area contributed by atoms with Gasteiger partial charge in [0.25, 0.3) is 0 Å². The first kappa shape index (κ1) is 13.7. The van der Waals surface area contributed by atoms with Crippen LogP contribution in [0.25, 0.3) is 0 Å². The normalized spacial score (nSPS) is 13.8. The van der Waals surface area contributed by atoms with Crippen molar-refractivity contribution in [1.82, 2.24) is 0 Å². The maximum Gasteiger partial charge on any atom is 0.0340 e. The second kappa shape index (κ2) is 6.98. The summed E-state index contributed by atoms with van der Waals surface area (Å²) >= 11 is 0. The molecule has 1 N–H and O–H groups in total. The summed E-state index contributed by atoms with van der Waals surface area (Å²) in [5.41, 5.74) is 2.63. The molecule has 0 bridgehead atoms. The van der Waals surface area contributed by atoms with Crippen molar-refractivity contribution >= 4 is 5.69 Å². The lowest BCUT2D eigenvalue weighted by Gasteiger charge is -2.24. The SMILES string of the molecule is CCC(C)C(CNc1ccccc1)c1ccccc1. The van der Waals surface area contributed by atoms with Crippen molar-refractivity contribution in [3.05, 3.63) is 66.2 Å². The number of nitrogens with one attached hydrogen (secondary N) is 1. The van der Waals surface area contributed by atoms with Gasteiger partial charge in [0.05, 0.1) is 0 Å². The molecule has 0 heterocycles. The monoisotopic (exact) mass is 253 g/mol. The maximum atomic E-state index is 3.56. The highest BCUT2D eigenvalue weighted by atomic mass is 14.9. The summed E-state index contributed by atoms with van der Waals surface area (Å²) in [4.78, 5) is 0. The Morgan fingerprint density at radius 2 is 1.47 bits per heavy atom. The molecule has 2 atom stereocenters. The maximum absolute atomic E-state index is 3.56. The lowest BCUT2D eigenvalue weighted by Crippen LogP contribution is -2.19. The molecule has 2 aromatic carbocycles. The van der Waals surface area contributed by atoms with Crippen LogP contribution in [0.15, 0.2) is 60.7 Å². The highest BCUT2D eigenvalue weighted by Gasteiger charge is 2.17. The van der Waals surface area contributed by atoms with Gasteiger partial charge in [-0.2, -0.15) is 0 Å². The summed E-state index contributed by atoms with van der Waals surface area (Å²) in [5, 5.41) is 3.56. The Bertz CT molecular complexity index is 464. The summed E-state index contributed by atoms with van der Waals surface area (Å²) in [6, 6.07) is 21.3. The lowest BCUT2D eigenvalue weighted by atomic mass is 9.85. The van der Waals surface area contributed by atoms with Crippen molar-refractivity contribution in [3.8, 4) is 0 Å². The molecular formula is C18H23N. The number of rotatable bonds is 6. The van der Waals surface area contributed by atoms with Gasteiger partial charge in [0.2, 0.25) is 0 Å². The number of hydrogen-bond acceptors (Lipinski definition) is 1. The molecule has 0 saturated heterocycles. The van der Waals surface area contributed by atoms with Crippen molar-refractivity contribution in [2.75, 3.05) is 11.9 Å². The molecule has 0 aliphatic carbocycles. The molecular weight excluding hydrogens is 230 g/mol. The first-order chi connectivity index (χ1) is 9.31. The van der Waals surface area contributed by atoms with E-state index in [-0.39, 0.29) is 0 Å². The van der Waals surface area contributed by atoms with Gasteiger partial charge in [-0.05, 0) is 23.6 Å². The quantitative estimate of drug-likeness (QED) is 0.769. The highest BCUT2D eigenvalue weighted by molar-refractivity contribution is 5.43. The smallest absolute Gasteiger partial charge is 0.0340 e. The van der Waals surface area contributed by atoms with Gasteiger partial charge in [-0.15, -0.1) is 0 Å². The summed E-state index contributed by atoms with van der Waals surface area (Å²) in [6.45, 7) is 5.59. The first-order valence-electron chi connectivity index (χ1n) is 7.15. The number of anilines is 1. The molecule has 0 fully saturated rings. The molecule has 0 aliphatic heterocycles. The summed E-state index contributed by atoms with van der Waals surface area (Å²) in [7, 11) is 0. The Hall–Kier alpha value is -1.76. The van der Waals surface area contributed by atoms with E-state index in [1.165, 1.54) is 17.7 Å². The van der Waals surface area contributed by atoms with E-state index >= 15 is 0 Å². The van der Waals surface area contributed by atoms with E-state index in [1.54, 1.807) is 0 Å². The molecule has 0 spiro atoms. The van der Waals surface area contributed by atoms with Crippen molar-refractivity contribution in [1.29, 1.82) is 0 Å². The summed E-state index contributed by atoms with van der Waals surface area (Å²) in [6.07, 6.45) is 1.20. The summed E-state index contributed by atoms with van der Waals surface area (Å²) < 4.78 is 0. The molecule has 100 valence electrons. The molecule has 0 amide bonds. The third-order valence-electron chi connectivity index (χ3n) is 3.86. The molecule has 1 heteroatoms. The zero-order chi connectivity index (χ0) is 13.5. The largest absolute Gasteiger partial charge is 0.384 e. The number of hydrogen-bond donors (Lipinski definition) is 1. The zero-order valence-electron chi connectivity index (χ0n) is 11.8. The zero-order valence-corrected chi connectivity index (χ0v) is 11.8. The minimum Gasteiger partial charge on any atom is -0.384 e. The van der Waals surface area contributed by atoms with Crippen molar-refractivity contribution in [3.63, 3.8) is 0 Å². The van der Waals surface area contributed by atoms with Crippen molar-refractivity contribution in [2.45, 2.75) is 26.2 Å². The van der Waals surface area contributed by atoms with E-state index in [9.17, 15) is 0 Å². The van der Waals surface area contributed by atoms with Crippen LogP contribution in [-0.4, -0.2) is 6.54 Å². The number of para-hydroxylation sites is 1. The van der Waals surface area contributed by atoms with Crippen molar-refractivity contribution < 1.29 is 0 Å². The van der Waals surface area contributed by atoms with Gasteiger partial charge in [-0.3, -0.25) is 0 Å².